The second kappa shape index (κ2) is 8.13. The molecule has 0 heterocycles. The molecule has 0 bridgehead atoms. The van der Waals surface area contributed by atoms with Crippen molar-refractivity contribution in [2.24, 2.45) is 5.41 Å². The Morgan fingerprint density at radius 3 is 2.50 bits per heavy atom. The number of nitrogens with zero attached hydrogens (tertiary/aromatic N) is 1. The smallest absolute Gasteiger partial charge is 0.0558 e. The largest absolute Gasteiger partial charge is 0.395 e. The van der Waals surface area contributed by atoms with Crippen LogP contribution in [0.1, 0.15) is 52.4 Å². The summed E-state index contributed by atoms with van der Waals surface area (Å²) in [4.78, 5) is 2.54. The Labute approximate surface area is 113 Å². The van der Waals surface area contributed by atoms with Gasteiger partial charge in [-0.3, -0.25) is 4.90 Å². The van der Waals surface area contributed by atoms with Crippen LogP contribution >= 0.6 is 0 Å². The third-order valence-electron chi connectivity index (χ3n) is 4.27. The van der Waals surface area contributed by atoms with Crippen LogP contribution in [0.25, 0.3) is 0 Å². The minimum atomic E-state index is 0.290. The van der Waals surface area contributed by atoms with E-state index in [0.29, 0.717) is 11.5 Å². The van der Waals surface area contributed by atoms with Crippen LogP contribution in [-0.2, 0) is 0 Å². The van der Waals surface area contributed by atoms with Gasteiger partial charge in [0.15, 0.2) is 0 Å². The van der Waals surface area contributed by atoms with Gasteiger partial charge in [0.1, 0.15) is 0 Å². The van der Waals surface area contributed by atoms with Crippen LogP contribution in [0.5, 0.6) is 0 Å². The summed E-state index contributed by atoms with van der Waals surface area (Å²) in [6, 6.07) is 0.713. The van der Waals surface area contributed by atoms with Crippen LogP contribution in [0.4, 0.5) is 0 Å². The molecule has 0 aliphatic heterocycles. The van der Waals surface area contributed by atoms with Gasteiger partial charge >= 0.3 is 0 Å². The number of aliphatic hydroxyl groups excluding tert-OH is 1. The van der Waals surface area contributed by atoms with Crippen molar-refractivity contribution in [3.8, 4) is 0 Å². The zero-order valence-corrected chi connectivity index (χ0v) is 12.5. The molecule has 2 N–H and O–H groups in total. The zero-order chi connectivity index (χ0) is 13.4. The fraction of sp³-hybridized carbons (Fsp3) is 1.00. The van der Waals surface area contributed by atoms with Crippen LogP contribution in [0.3, 0.4) is 0 Å². The first-order valence-electron chi connectivity index (χ1n) is 7.64. The summed E-state index contributed by atoms with van der Waals surface area (Å²) in [6.45, 7) is 7.96. The fourth-order valence-corrected chi connectivity index (χ4v) is 3.53. The molecule has 1 fully saturated rings. The summed E-state index contributed by atoms with van der Waals surface area (Å²) >= 11 is 0. The summed E-state index contributed by atoms with van der Waals surface area (Å²) in [7, 11) is 2.04. The highest BCUT2D eigenvalue weighted by molar-refractivity contribution is 4.85. The standard InChI is InChI=1S/C15H32N2O/c1-4-9-15(2,12-16-3)13-17(10-11-18)14-7-5-6-8-14/h14,16,18H,4-13H2,1-3H3. The van der Waals surface area contributed by atoms with Crippen LogP contribution in [-0.4, -0.2) is 49.3 Å². The van der Waals surface area contributed by atoms with E-state index < -0.39 is 0 Å². The number of nitrogens with one attached hydrogen (secondary N) is 1. The Hall–Kier alpha value is -0.120. The van der Waals surface area contributed by atoms with Crippen LogP contribution in [0.15, 0.2) is 0 Å². The van der Waals surface area contributed by atoms with E-state index in [2.05, 4.69) is 24.1 Å². The Morgan fingerprint density at radius 2 is 2.00 bits per heavy atom. The molecule has 1 unspecified atom stereocenters. The van der Waals surface area contributed by atoms with Crippen molar-refractivity contribution >= 4 is 0 Å². The van der Waals surface area contributed by atoms with E-state index >= 15 is 0 Å². The molecule has 0 aromatic carbocycles. The monoisotopic (exact) mass is 256 g/mol. The van der Waals surface area contributed by atoms with Crippen LogP contribution < -0.4 is 5.32 Å². The molecule has 1 aliphatic rings. The van der Waals surface area contributed by atoms with E-state index in [0.717, 1.165) is 19.6 Å². The first kappa shape index (κ1) is 15.9. The summed E-state index contributed by atoms with van der Waals surface area (Å²) in [5.74, 6) is 0. The van der Waals surface area contributed by atoms with Crippen molar-refractivity contribution in [3.63, 3.8) is 0 Å². The molecule has 3 heteroatoms. The van der Waals surface area contributed by atoms with Crippen molar-refractivity contribution in [2.45, 2.75) is 58.4 Å². The summed E-state index contributed by atoms with van der Waals surface area (Å²) < 4.78 is 0. The second-order valence-electron chi connectivity index (χ2n) is 6.22. The second-order valence-corrected chi connectivity index (χ2v) is 6.22. The molecule has 108 valence electrons. The first-order valence-corrected chi connectivity index (χ1v) is 7.64. The van der Waals surface area contributed by atoms with Gasteiger partial charge in [-0.15, -0.1) is 0 Å². The lowest BCUT2D eigenvalue weighted by Gasteiger charge is -2.38. The lowest BCUT2D eigenvalue weighted by atomic mass is 9.84. The van der Waals surface area contributed by atoms with Crippen LogP contribution in [0.2, 0.25) is 0 Å². The van der Waals surface area contributed by atoms with Gasteiger partial charge in [-0.1, -0.05) is 33.1 Å². The zero-order valence-electron chi connectivity index (χ0n) is 12.5. The quantitative estimate of drug-likeness (QED) is 0.664. The topological polar surface area (TPSA) is 35.5 Å². The Kier molecular flexibility index (Phi) is 7.20. The lowest BCUT2D eigenvalue weighted by molar-refractivity contribution is 0.0911. The van der Waals surface area contributed by atoms with Crippen molar-refractivity contribution in [1.82, 2.24) is 10.2 Å². The molecule has 0 aromatic heterocycles. The predicted molar refractivity (Wildman–Crippen MR) is 77.9 cm³/mol. The van der Waals surface area contributed by atoms with E-state index in [1.54, 1.807) is 0 Å². The first-order chi connectivity index (χ1) is 8.65. The highest BCUT2D eigenvalue weighted by atomic mass is 16.3. The molecule has 3 nitrogen and oxygen atoms in total. The Bertz CT molecular complexity index is 209. The van der Waals surface area contributed by atoms with Gasteiger partial charge in [-0.05, 0) is 31.7 Å². The number of rotatable bonds is 9. The molecule has 0 aromatic rings. The van der Waals surface area contributed by atoms with Gasteiger partial charge < -0.3 is 10.4 Å². The molecule has 0 radical (unpaired) electrons. The molecule has 0 saturated heterocycles. The molecule has 0 amide bonds. The molecule has 18 heavy (non-hydrogen) atoms. The van der Waals surface area contributed by atoms with Crippen molar-refractivity contribution in [1.29, 1.82) is 0 Å². The molecule has 1 rings (SSSR count). The number of hydrogen-bond acceptors (Lipinski definition) is 3. The summed E-state index contributed by atoms with van der Waals surface area (Å²) in [5, 5.41) is 12.6. The molecule has 0 spiro atoms. The van der Waals surface area contributed by atoms with E-state index in [1.807, 2.05) is 7.05 Å². The third kappa shape index (κ3) is 4.87. The Balaban J connectivity index is 2.60. The van der Waals surface area contributed by atoms with E-state index in [1.165, 1.54) is 38.5 Å². The Morgan fingerprint density at radius 1 is 1.33 bits per heavy atom. The SMILES string of the molecule is CCCC(C)(CNC)CN(CCO)C1CCCC1. The summed E-state index contributed by atoms with van der Waals surface area (Å²) in [5.41, 5.74) is 0.335. The predicted octanol–water partition coefficient (Wildman–Crippen LogP) is 2.25. The molecular formula is C15H32N2O. The fourth-order valence-electron chi connectivity index (χ4n) is 3.53. The van der Waals surface area contributed by atoms with Gasteiger partial charge in [-0.2, -0.15) is 0 Å². The van der Waals surface area contributed by atoms with Gasteiger partial charge in [0.2, 0.25) is 0 Å². The minimum Gasteiger partial charge on any atom is -0.395 e. The maximum absolute atomic E-state index is 9.30. The molecule has 1 atom stereocenters. The normalized spacial score (nSPS) is 20.5. The summed E-state index contributed by atoms with van der Waals surface area (Å²) in [6.07, 6.45) is 7.86. The average molecular weight is 256 g/mol. The number of aliphatic hydroxyl groups is 1. The minimum absolute atomic E-state index is 0.290. The van der Waals surface area contributed by atoms with Crippen molar-refractivity contribution in [3.05, 3.63) is 0 Å². The van der Waals surface area contributed by atoms with Gasteiger partial charge in [-0.25, -0.2) is 0 Å². The van der Waals surface area contributed by atoms with Crippen molar-refractivity contribution < 1.29 is 5.11 Å². The van der Waals surface area contributed by atoms with Crippen LogP contribution in [0, 0.1) is 5.41 Å². The van der Waals surface area contributed by atoms with E-state index in [-0.39, 0.29) is 6.61 Å². The highest BCUT2D eigenvalue weighted by Gasteiger charge is 2.30. The molecular weight excluding hydrogens is 224 g/mol. The van der Waals surface area contributed by atoms with Crippen molar-refractivity contribution in [2.75, 3.05) is 33.3 Å². The van der Waals surface area contributed by atoms with E-state index in [4.69, 9.17) is 0 Å². The molecule has 1 saturated carbocycles. The van der Waals surface area contributed by atoms with Gasteiger partial charge in [0.25, 0.3) is 0 Å². The third-order valence-corrected chi connectivity index (χ3v) is 4.27. The maximum Gasteiger partial charge on any atom is 0.0558 e. The highest BCUT2D eigenvalue weighted by Crippen LogP contribution is 2.29. The average Bonchev–Trinajstić information content (AvgIpc) is 2.82. The van der Waals surface area contributed by atoms with Gasteiger partial charge in [0, 0.05) is 25.7 Å². The lowest BCUT2D eigenvalue weighted by Crippen LogP contribution is -2.46. The molecule has 1 aliphatic carbocycles. The number of hydrogen-bond donors (Lipinski definition) is 2. The van der Waals surface area contributed by atoms with Gasteiger partial charge in [0.05, 0.1) is 6.61 Å². The maximum atomic E-state index is 9.30. The van der Waals surface area contributed by atoms with E-state index in [9.17, 15) is 5.11 Å².